The van der Waals surface area contributed by atoms with E-state index in [9.17, 15) is 9.59 Å². The molecule has 154 valence electrons. The first kappa shape index (κ1) is 19.8. The second-order valence-electron chi connectivity index (χ2n) is 6.55. The Hall–Kier alpha value is -3.46. The molecule has 0 fully saturated rings. The van der Waals surface area contributed by atoms with Crippen LogP contribution >= 0.6 is 11.8 Å². The number of imidazole rings is 1. The van der Waals surface area contributed by atoms with Gasteiger partial charge in [-0.3, -0.25) is 14.2 Å². The molecule has 3 aromatic rings. The average Bonchev–Trinajstić information content (AvgIpc) is 3.25. The van der Waals surface area contributed by atoms with Crippen molar-refractivity contribution in [2.75, 3.05) is 24.3 Å². The van der Waals surface area contributed by atoms with Gasteiger partial charge in [-0.15, -0.1) is 0 Å². The summed E-state index contributed by atoms with van der Waals surface area (Å²) in [6, 6.07) is 14.7. The van der Waals surface area contributed by atoms with Gasteiger partial charge in [0.15, 0.2) is 11.3 Å². The molecule has 0 aliphatic carbocycles. The molecule has 2 amide bonds. The van der Waals surface area contributed by atoms with Crippen LogP contribution in [0.1, 0.15) is 0 Å². The Balaban J connectivity index is 1.50. The summed E-state index contributed by atoms with van der Waals surface area (Å²) in [6.45, 7) is 0.0820. The van der Waals surface area contributed by atoms with Crippen LogP contribution in [-0.2, 0) is 9.59 Å². The van der Waals surface area contributed by atoms with E-state index in [4.69, 9.17) is 15.2 Å². The van der Waals surface area contributed by atoms with Crippen LogP contribution in [0.15, 0.2) is 66.1 Å². The normalized spacial score (nSPS) is 15.2. The minimum atomic E-state index is -0.880. The first-order chi connectivity index (χ1) is 14.6. The standard InChI is InChI=1S/C21H20N4O4S/c1-28-15-8-6-14(7-9-15)24-11-10-23-21(24)30-13-19(26)25-12-18(20(22)27)29-17-5-3-2-4-16(17)25/h2-11,18H,12-13H2,1H3,(H2,22,27). The molecule has 9 heteroatoms. The fourth-order valence-electron chi connectivity index (χ4n) is 3.16. The number of primary amides is 1. The van der Waals surface area contributed by atoms with Gasteiger partial charge in [-0.25, -0.2) is 4.98 Å². The molecule has 8 nitrogen and oxygen atoms in total. The molecule has 2 N–H and O–H groups in total. The van der Waals surface area contributed by atoms with E-state index in [2.05, 4.69) is 4.98 Å². The number of anilines is 1. The molecular formula is C21H20N4O4S. The van der Waals surface area contributed by atoms with E-state index in [1.807, 2.05) is 41.1 Å². The summed E-state index contributed by atoms with van der Waals surface area (Å²) in [4.78, 5) is 30.6. The number of hydrogen-bond acceptors (Lipinski definition) is 6. The summed E-state index contributed by atoms with van der Waals surface area (Å²) in [5.41, 5.74) is 6.95. The average molecular weight is 424 g/mol. The number of amides is 2. The van der Waals surface area contributed by atoms with Crippen LogP contribution in [0.3, 0.4) is 0 Å². The molecule has 1 unspecified atom stereocenters. The molecule has 0 saturated heterocycles. The Bertz CT molecular complexity index is 1070. The Morgan fingerprint density at radius 3 is 2.73 bits per heavy atom. The molecule has 0 saturated carbocycles. The number of fused-ring (bicyclic) bond motifs is 1. The second-order valence-corrected chi connectivity index (χ2v) is 7.49. The number of carbonyl (C=O) groups excluding carboxylic acids is 2. The molecule has 30 heavy (non-hydrogen) atoms. The van der Waals surface area contributed by atoms with Gasteiger partial charge >= 0.3 is 0 Å². The van der Waals surface area contributed by atoms with Gasteiger partial charge in [0.05, 0.1) is 25.1 Å². The number of nitrogens with two attached hydrogens (primary N) is 1. The predicted octanol–water partition coefficient (Wildman–Crippen LogP) is 2.25. The van der Waals surface area contributed by atoms with Crippen molar-refractivity contribution in [2.24, 2.45) is 5.73 Å². The van der Waals surface area contributed by atoms with E-state index in [-0.39, 0.29) is 18.2 Å². The fraction of sp³-hybridized carbons (Fsp3) is 0.190. The van der Waals surface area contributed by atoms with Gasteiger partial charge in [0.2, 0.25) is 5.91 Å². The summed E-state index contributed by atoms with van der Waals surface area (Å²) in [5.74, 6) is 0.604. The van der Waals surface area contributed by atoms with Crippen LogP contribution in [-0.4, -0.2) is 46.9 Å². The number of ether oxygens (including phenoxy) is 2. The van der Waals surface area contributed by atoms with Crippen LogP contribution in [0, 0.1) is 0 Å². The Kier molecular flexibility index (Phi) is 5.62. The molecule has 4 rings (SSSR count). The predicted molar refractivity (Wildman–Crippen MR) is 113 cm³/mol. The van der Waals surface area contributed by atoms with Crippen molar-refractivity contribution in [2.45, 2.75) is 11.3 Å². The Morgan fingerprint density at radius 1 is 1.23 bits per heavy atom. The summed E-state index contributed by atoms with van der Waals surface area (Å²) >= 11 is 1.32. The summed E-state index contributed by atoms with van der Waals surface area (Å²) < 4.78 is 12.7. The van der Waals surface area contributed by atoms with Crippen molar-refractivity contribution in [3.8, 4) is 17.2 Å². The zero-order valence-electron chi connectivity index (χ0n) is 16.2. The number of thioether (sulfide) groups is 1. The number of hydrogen-bond donors (Lipinski definition) is 1. The molecule has 0 bridgehead atoms. The first-order valence-electron chi connectivity index (χ1n) is 9.23. The molecule has 1 aliphatic rings. The van der Waals surface area contributed by atoms with Crippen molar-refractivity contribution in [3.05, 3.63) is 60.9 Å². The van der Waals surface area contributed by atoms with Crippen molar-refractivity contribution < 1.29 is 19.1 Å². The van der Waals surface area contributed by atoms with E-state index in [1.54, 1.807) is 36.4 Å². The van der Waals surface area contributed by atoms with Crippen LogP contribution in [0.4, 0.5) is 5.69 Å². The van der Waals surface area contributed by atoms with Crippen LogP contribution < -0.4 is 20.1 Å². The van der Waals surface area contributed by atoms with Gasteiger partial charge in [-0.2, -0.15) is 0 Å². The van der Waals surface area contributed by atoms with Gasteiger partial charge in [-0.1, -0.05) is 23.9 Å². The zero-order valence-corrected chi connectivity index (χ0v) is 17.0. The van der Waals surface area contributed by atoms with E-state index in [0.29, 0.717) is 16.6 Å². The monoisotopic (exact) mass is 424 g/mol. The van der Waals surface area contributed by atoms with Crippen molar-refractivity contribution >= 4 is 29.3 Å². The lowest BCUT2D eigenvalue weighted by molar-refractivity contribution is -0.125. The highest BCUT2D eigenvalue weighted by atomic mass is 32.2. The number of nitrogens with zero attached hydrogens (tertiary/aromatic N) is 3. The lowest BCUT2D eigenvalue weighted by Crippen LogP contribution is -2.49. The molecule has 0 spiro atoms. The number of aromatic nitrogens is 2. The smallest absolute Gasteiger partial charge is 0.260 e. The number of carbonyl (C=O) groups is 2. The highest BCUT2D eigenvalue weighted by molar-refractivity contribution is 7.99. The van der Waals surface area contributed by atoms with E-state index >= 15 is 0 Å². The lowest BCUT2D eigenvalue weighted by atomic mass is 10.2. The maximum atomic E-state index is 13.0. The zero-order chi connectivity index (χ0) is 21.1. The van der Waals surface area contributed by atoms with E-state index in [1.165, 1.54) is 11.8 Å². The Morgan fingerprint density at radius 2 is 2.00 bits per heavy atom. The quantitative estimate of drug-likeness (QED) is 0.610. The van der Waals surface area contributed by atoms with E-state index in [0.717, 1.165) is 11.4 Å². The Labute approximate surface area is 177 Å². The fourth-order valence-corrected chi connectivity index (χ4v) is 4.01. The van der Waals surface area contributed by atoms with Crippen LogP contribution in [0.25, 0.3) is 5.69 Å². The minimum absolute atomic E-state index is 0.0820. The summed E-state index contributed by atoms with van der Waals surface area (Å²) in [7, 11) is 1.62. The topological polar surface area (TPSA) is 99.7 Å². The summed E-state index contributed by atoms with van der Waals surface area (Å²) in [6.07, 6.45) is 2.64. The third-order valence-electron chi connectivity index (χ3n) is 4.67. The lowest BCUT2D eigenvalue weighted by Gasteiger charge is -2.33. The van der Waals surface area contributed by atoms with Crippen LogP contribution in [0.2, 0.25) is 0 Å². The van der Waals surface area contributed by atoms with Gasteiger partial charge in [-0.05, 0) is 36.4 Å². The SMILES string of the molecule is COc1ccc(-n2ccnc2SCC(=O)N2CC(C(N)=O)Oc3ccccc32)cc1. The highest BCUT2D eigenvalue weighted by Crippen LogP contribution is 2.34. The molecule has 0 radical (unpaired) electrons. The molecule has 2 aromatic carbocycles. The number of para-hydroxylation sites is 2. The minimum Gasteiger partial charge on any atom is -0.497 e. The summed E-state index contributed by atoms with van der Waals surface area (Å²) in [5, 5.41) is 0.682. The molecule has 1 aliphatic heterocycles. The van der Waals surface area contributed by atoms with Gasteiger partial charge in [0.1, 0.15) is 11.5 Å². The first-order valence-corrected chi connectivity index (χ1v) is 10.2. The second kappa shape index (κ2) is 8.50. The van der Waals surface area contributed by atoms with E-state index < -0.39 is 12.0 Å². The maximum absolute atomic E-state index is 13.0. The molecule has 1 aromatic heterocycles. The molecule has 1 atom stereocenters. The largest absolute Gasteiger partial charge is 0.497 e. The molecular weight excluding hydrogens is 404 g/mol. The number of rotatable bonds is 6. The third kappa shape index (κ3) is 3.97. The number of methoxy groups -OCH3 is 1. The van der Waals surface area contributed by atoms with Crippen molar-refractivity contribution in [1.29, 1.82) is 0 Å². The number of benzene rings is 2. The third-order valence-corrected chi connectivity index (χ3v) is 5.63. The molecule has 2 heterocycles. The van der Waals surface area contributed by atoms with Gasteiger partial charge in [0.25, 0.3) is 5.91 Å². The van der Waals surface area contributed by atoms with Crippen molar-refractivity contribution in [1.82, 2.24) is 9.55 Å². The van der Waals surface area contributed by atoms with Gasteiger partial charge < -0.3 is 20.1 Å². The van der Waals surface area contributed by atoms with Crippen molar-refractivity contribution in [3.63, 3.8) is 0 Å². The highest BCUT2D eigenvalue weighted by Gasteiger charge is 2.32. The van der Waals surface area contributed by atoms with Gasteiger partial charge in [0, 0.05) is 18.1 Å². The van der Waals surface area contributed by atoms with Crippen LogP contribution in [0.5, 0.6) is 11.5 Å². The maximum Gasteiger partial charge on any atom is 0.260 e.